The maximum Gasteiger partial charge on any atom is 0.242 e. The van der Waals surface area contributed by atoms with E-state index in [4.69, 9.17) is 5.84 Å². The van der Waals surface area contributed by atoms with Gasteiger partial charge in [0.2, 0.25) is 11.9 Å². The highest BCUT2D eigenvalue weighted by molar-refractivity contribution is 5.91. The minimum Gasteiger partial charge on any atom is -0.358 e. The first kappa shape index (κ1) is 11.7. The van der Waals surface area contributed by atoms with E-state index in [9.17, 15) is 4.79 Å². The number of hydrogen-bond acceptors (Lipinski definition) is 7. The third kappa shape index (κ3) is 2.15. The summed E-state index contributed by atoms with van der Waals surface area (Å²) >= 11 is 0. The van der Waals surface area contributed by atoms with Crippen molar-refractivity contribution in [3.63, 3.8) is 0 Å². The Morgan fingerprint density at radius 2 is 2.32 bits per heavy atom. The maximum atomic E-state index is 11.7. The Morgan fingerprint density at radius 3 is 3.11 bits per heavy atom. The van der Waals surface area contributed by atoms with Gasteiger partial charge in [-0.3, -0.25) is 15.3 Å². The Hall–Kier alpha value is -2.42. The van der Waals surface area contributed by atoms with Crippen molar-refractivity contribution < 1.29 is 4.79 Å². The van der Waals surface area contributed by atoms with Gasteiger partial charge in [-0.15, -0.1) is 0 Å². The predicted molar refractivity (Wildman–Crippen MR) is 69.1 cm³/mol. The number of nitrogens with zero attached hydrogens (tertiary/aromatic N) is 3. The average Bonchev–Trinajstić information content (AvgIpc) is 2.89. The molecule has 1 saturated heterocycles. The Kier molecular flexibility index (Phi) is 2.88. The fraction of sp³-hybridized carbons (Fsp3) is 0.400. The zero-order valence-corrected chi connectivity index (χ0v) is 10.1. The van der Waals surface area contributed by atoms with Gasteiger partial charge >= 0.3 is 0 Å². The molecule has 1 atom stereocenters. The summed E-state index contributed by atoms with van der Waals surface area (Å²) < 4.78 is 0. The first-order valence-corrected chi connectivity index (χ1v) is 6.00. The number of aromatic amines is 1. The number of amides is 1. The summed E-state index contributed by atoms with van der Waals surface area (Å²) in [6.45, 7) is 0.720. The predicted octanol–water partition coefficient (Wildman–Crippen LogP) is -0.671. The molecule has 0 aromatic carbocycles. The van der Waals surface area contributed by atoms with Gasteiger partial charge in [0.25, 0.3) is 0 Å². The Morgan fingerprint density at radius 1 is 1.42 bits per heavy atom. The molecular weight excluding hydrogens is 248 g/mol. The molecule has 1 unspecified atom stereocenters. The third-order valence-electron chi connectivity index (χ3n) is 3.04. The van der Waals surface area contributed by atoms with Crippen LogP contribution in [0.2, 0.25) is 0 Å². The van der Waals surface area contributed by atoms with E-state index in [1.54, 1.807) is 6.20 Å². The Labute approximate surface area is 108 Å². The number of H-pyrrole nitrogens is 1. The summed E-state index contributed by atoms with van der Waals surface area (Å²) in [6.07, 6.45) is 3.31. The number of anilines is 2. The van der Waals surface area contributed by atoms with Crippen molar-refractivity contribution in [3.8, 4) is 0 Å². The van der Waals surface area contributed by atoms with Gasteiger partial charge in [-0.2, -0.15) is 15.1 Å². The highest BCUT2D eigenvalue weighted by Gasteiger charge is 2.23. The van der Waals surface area contributed by atoms with Crippen LogP contribution in [0.1, 0.15) is 12.8 Å². The number of fused-ring (bicyclic) bond motifs is 1. The summed E-state index contributed by atoms with van der Waals surface area (Å²) in [6, 6.07) is -0.299. The van der Waals surface area contributed by atoms with Crippen LogP contribution >= 0.6 is 0 Å². The van der Waals surface area contributed by atoms with Crippen LogP contribution < -0.4 is 21.9 Å². The van der Waals surface area contributed by atoms with Crippen molar-refractivity contribution in [2.24, 2.45) is 5.84 Å². The molecule has 3 heterocycles. The van der Waals surface area contributed by atoms with Gasteiger partial charge in [0.15, 0.2) is 5.65 Å². The summed E-state index contributed by atoms with van der Waals surface area (Å²) in [5.74, 6) is 6.09. The number of piperidine rings is 1. The number of rotatable bonds is 3. The fourth-order valence-electron chi connectivity index (χ4n) is 2.08. The molecule has 0 bridgehead atoms. The molecule has 1 fully saturated rings. The molecule has 9 heteroatoms. The van der Waals surface area contributed by atoms with Crippen molar-refractivity contribution in [1.82, 2.24) is 25.5 Å². The molecule has 0 aliphatic carbocycles. The highest BCUT2D eigenvalue weighted by Crippen LogP contribution is 2.21. The summed E-state index contributed by atoms with van der Waals surface area (Å²) in [5, 5.41) is 13.3. The summed E-state index contributed by atoms with van der Waals surface area (Å²) in [5.41, 5.74) is 2.94. The van der Waals surface area contributed by atoms with Gasteiger partial charge in [-0.25, -0.2) is 5.84 Å². The van der Waals surface area contributed by atoms with Crippen molar-refractivity contribution >= 4 is 28.7 Å². The maximum absolute atomic E-state index is 11.7. The van der Waals surface area contributed by atoms with Crippen LogP contribution in [0.3, 0.4) is 0 Å². The largest absolute Gasteiger partial charge is 0.358 e. The number of nitrogens with two attached hydrogens (primary N) is 1. The van der Waals surface area contributed by atoms with Crippen LogP contribution in [-0.4, -0.2) is 38.7 Å². The molecule has 3 rings (SSSR count). The minimum absolute atomic E-state index is 0.0243. The van der Waals surface area contributed by atoms with Crippen LogP contribution in [0, 0.1) is 0 Å². The summed E-state index contributed by atoms with van der Waals surface area (Å²) in [7, 11) is 0. The van der Waals surface area contributed by atoms with Gasteiger partial charge < -0.3 is 10.6 Å². The zero-order valence-electron chi connectivity index (χ0n) is 10.1. The molecule has 2 aromatic rings. The van der Waals surface area contributed by atoms with E-state index in [0.29, 0.717) is 11.5 Å². The molecule has 6 N–H and O–H groups in total. The number of carbonyl (C=O) groups is 1. The second-order valence-electron chi connectivity index (χ2n) is 4.30. The molecule has 0 radical (unpaired) electrons. The van der Waals surface area contributed by atoms with E-state index < -0.39 is 0 Å². The monoisotopic (exact) mass is 262 g/mol. The van der Waals surface area contributed by atoms with E-state index in [2.05, 4.69) is 36.2 Å². The van der Waals surface area contributed by atoms with Crippen LogP contribution in [-0.2, 0) is 4.79 Å². The molecule has 19 heavy (non-hydrogen) atoms. The average molecular weight is 262 g/mol. The van der Waals surface area contributed by atoms with Crippen molar-refractivity contribution in [2.75, 3.05) is 17.3 Å². The van der Waals surface area contributed by atoms with Crippen molar-refractivity contribution in [1.29, 1.82) is 0 Å². The van der Waals surface area contributed by atoms with E-state index in [1.807, 2.05) is 0 Å². The lowest BCUT2D eigenvalue weighted by atomic mass is 10.1. The third-order valence-corrected chi connectivity index (χ3v) is 3.04. The number of carbonyl (C=O) groups excluding carboxylic acids is 1. The lowest BCUT2D eigenvalue weighted by Crippen LogP contribution is -2.44. The number of nitrogens with one attached hydrogen (secondary N) is 4. The molecule has 1 aliphatic heterocycles. The number of hydrogen-bond donors (Lipinski definition) is 5. The van der Waals surface area contributed by atoms with E-state index >= 15 is 0 Å². The molecule has 100 valence electrons. The quantitative estimate of drug-likeness (QED) is 0.366. The minimum atomic E-state index is -0.299. The molecule has 0 saturated carbocycles. The first-order chi connectivity index (χ1) is 9.28. The van der Waals surface area contributed by atoms with Crippen LogP contribution in [0.25, 0.3) is 11.0 Å². The lowest BCUT2D eigenvalue weighted by Gasteiger charge is -2.23. The second-order valence-corrected chi connectivity index (χ2v) is 4.30. The fourth-order valence-corrected chi connectivity index (χ4v) is 2.08. The SMILES string of the molecule is NNc1nc(NC2CCCNC2=O)c2cn[nH]c2n1. The second kappa shape index (κ2) is 4.69. The normalized spacial score (nSPS) is 19.2. The summed E-state index contributed by atoms with van der Waals surface area (Å²) in [4.78, 5) is 20.1. The first-order valence-electron chi connectivity index (χ1n) is 6.00. The number of nitrogen functional groups attached to an aromatic ring is 1. The Balaban J connectivity index is 1.94. The Bertz CT molecular complexity index is 609. The van der Waals surface area contributed by atoms with Gasteiger partial charge in [0.05, 0.1) is 11.6 Å². The van der Waals surface area contributed by atoms with Gasteiger partial charge in [-0.1, -0.05) is 0 Å². The van der Waals surface area contributed by atoms with E-state index in [-0.39, 0.29) is 17.9 Å². The van der Waals surface area contributed by atoms with Crippen molar-refractivity contribution in [3.05, 3.63) is 6.20 Å². The topological polar surface area (TPSA) is 134 Å². The van der Waals surface area contributed by atoms with Gasteiger partial charge in [-0.05, 0) is 12.8 Å². The lowest BCUT2D eigenvalue weighted by molar-refractivity contribution is -0.123. The van der Waals surface area contributed by atoms with Gasteiger partial charge in [0.1, 0.15) is 11.9 Å². The number of hydrazine groups is 1. The molecule has 1 amide bonds. The standard InChI is InChI=1S/C10H14N8O/c11-17-10-15-7(5-4-13-18-8(5)16-10)14-6-2-1-3-12-9(6)19/h4,6H,1-3,11H2,(H,12,19)(H3,13,14,15,16,17,18). The molecular formula is C10H14N8O. The number of aromatic nitrogens is 4. The van der Waals surface area contributed by atoms with Gasteiger partial charge in [0, 0.05) is 6.54 Å². The molecule has 1 aliphatic rings. The molecule has 9 nitrogen and oxygen atoms in total. The molecule has 2 aromatic heterocycles. The van der Waals surface area contributed by atoms with Crippen LogP contribution in [0.15, 0.2) is 6.20 Å². The van der Waals surface area contributed by atoms with Crippen molar-refractivity contribution in [2.45, 2.75) is 18.9 Å². The van der Waals surface area contributed by atoms with Crippen LogP contribution in [0.4, 0.5) is 11.8 Å². The smallest absolute Gasteiger partial charge is 0.242 e. The highest BCUT2D eigenvalue weighted by atomic mass is 16.2. The van der Waals surface area contributed by atoms with E-state index in [0.717, 1.165) is 24.8 Å². The zero-order chi connectivity index (χ0) is 13.2. The van der Waals surface area contributed by atoms with Crippen LogP contribution in [0.5, 0.6) is 0 Å². The molecule has 0 spiro atoms. The van der Waals surface area contributed by atoms with E-state index in [1.165, 1.54) is 0 Å².